The zero-order valence-corrected chi connectivity index (χ0v) is 18.7. The van der Waals surface area contributed by atoms with Gasteiger partial charge in [-0.1, -0.05) is 60.6 Å². The molecule has 0 unspecified atom stereocenters. The molecule has 0 saturated heterocycles. The van der Waals surface area contributed by atoms with Crippen molar-refractivity contribution in [3.63, 3.8) is 0 Å². The van der Waals surface area contributed by atoms with Crippen molar-refractivity contribution in [1.29, 1.82) is 0 Å². The predicted octanol–water partition coefficient (Wildman–Crippen LogP) is 7.00. The second-order valence-electron chi connectivity index (χ2n) is 4.83. The normalized spacial score (nSPS) is 10.0. The maximum Gasteiger partial charge on any atom is 0.361 e. The van der Waals surface area contributed by atoms with Gasteiger partial charge in [-0.05, 0) is 51.8 Å². The first-order valence-corrected chi connectivity index (χ1v) is 11.0. The van der Waals surface area contributed by atoms with Gasteiger partial charge in [0.05, 0.1) is 17.5 Å². The lowest BCUT2D eigenvalue weighted by Crippen LogP contribution is -2.16. The first-order chi connectivity index (χ1) is 11.4. The lowest BCUT2D eigenvalue weighted by atomic mass is 10.2. The molecule has 24 heavy (non-hydrogen) atoms. The molecule has 0 amide bonds. The van der Waals surface area contributed by atoms with Crippen LogP contribution in [0.3, 0.4) is 0 Å². The van der Waals surface area contributed by atoms with E-state index in [0.29, 0.717) is 5.30 Å². The summed E-state index contributed by atoms with van der Waals surface area (Å²) in [6.45, 7) is 21.5. The van der Waals surface area contributed by atoms with Gasteiger partial charge in [0.2, 0.25) is 0 Å². The molecule has 0 aliphatic heterocycles. The van der Waals surface area contributed by atoms with Crippen LogP contribution < -0.4 is 5.30 Å². The average molecular weight is 361 g/mol. The minimum atomic E-state index is -3.21. The molecule has 1 aromatic carbocycles. The summed E-state index contributed by atoms with van der Waals surface area (Å²) < 4.78 is 23.9. The van der Waals surface area contributed by atoms with Crippen LogP contribution in [0.1, 0.15) is 81.7 Å². The second-order valence-corrected chi connectivity index (χ2v) is 6.76. The van der Waals surface area contributed by atoms with Gasteiger partial charge in [-0.25, -0.2) is 0 Å². The van der Waals surface area contributed by atoms with Gasteiger partial charge < -0.3 is 9.05 Å². The Morgan fingerprint density at radius 2 is 1.12 bits per heavy atom. The van der Waals surface area contributed by atoms with E-state index < -0.39 is 7.60 Å². The highest BCUT2D eigenvalue weighted by Crippen LogP contribution is 2.49. The van der Waals surface area contributed by atoms with E-state index in [9.17, 15) is 4.57 Å². The molecule has 0 atom stereocenters. The quantitative estimate of drug-likeness (QED) is 0.512. The molecule has 0 N–H and O–H groups in total. The molecular formula is C20H41O3P. The van der Waals surface area contributed by atoms with Crippen LogP contribution in [0.2, 0.25) is 0 Å². The second kappa shape index (κ2) is 17.2. The van der Waals surface area contributed by atoms with Crippen molar-refractivity contribution in [3.05, 3.63) is 29.8 Å². The van der Waals surface area contributed by atoms with E-state index in [1.807, 2.05) is 93.5 Å². The highest BCUT2D eigenvalue weighted by atomic mass is 31.2. The molecule has 0 radical (unpaired) electrons. The Labute approximate surface area is 151 Å². The maximum absolute atomic E-state index is 12.8. The van der Waals surface area contributed by atoms with Crippen molar-refractivity contribution in [3.8, 4) is 0 Å². The van der Waals surface area contributed by atoms with Gasteiger partial charge in [0.25, 0.3) is 0 Å². The molecule has 144 valence electrons. The highest BCUT2D eigenvalue weighted by Gasteiger charge is 2.30. The van der Waals surface area contributed by atoms with Crippen molar-refractivity contribution in [2.45, 2.75) is 94.8 Å². The molecule has 0 aliphatic rings. The number of rotatable bonds is 6. The monoisotopic (exact) mass is 360 g/mol. The van der Waals surface area contributed by atoms with E-state index in [1.54, 1.807) is 0 Å². The van der Waals surface area contributed by atoms with Crippen LogP contribution >= 0.6 is 7.60 Å². The van der Waals surface area contributed by atoms with Crippen molar-refractivity contribution >= 4 is 12.9 Å². The Morgan fingerprint density at radius 1 is 0.792 bits per heavy atom. The smallest absolute Gasteiger partial charge is 0.302 e. The maximum atomic E-state index is 12.8. The lowest BCUT2D eigenvalue weighted by molar-refractivity contribution is 0.150. The van der Waals surface area contributed by atoms with Crippen molar-refractivity contribution in [1.82, 2.24) is 0 Å². The zero-order valence-electron chi connectivity index (χ0n) is 17.8. The molecular weight excluding hydrogens is 319 g/mol. The van der Waals surface area contributed by atoms with Gasteiger partial charge in [0.15, 0.2) is 0 Å². The van der Waals surface area contributed by atoms with Crippen LogP contribution in [0.15, 0.2) is 24.3 Å². The van der Waals surface area contributed by atoms with E-state index in [-0.39, 0.29) is 12.2 Å². The van der Waals surface area contributed by atoms with Crippen LogP contribution in [-0.2, 0) is 20.0 Å². The summed E-state index contributed by atoms with van der Waals surface area (Å²) >= 11 is 0. The van der Waals surface area contributed by atoms with E-state index in [1.165, 1.54) is 5.56 Å². The fourth-order valence-corrected chi connectivity index (χ4v) is 3.53. The summed E-state index contributed by atoms with van der Waals surface area (Å²) in [5.41, 5.74) is 1.21. The minimum absolute atomic E-state index is 0.138. The van der Waals surface area contributed by atoms with E-state index >= 15 is 0 Å². The molecule has 0 bridgehead atoms. The molecule has 0 aliphatic carbocycles. The Morgan fingerprint density at radius 3 is 1.38 bits per heavy atom. The van der Waals surface area contributed by atoms with Crippen molar-refractivity contribution in [2.75, 3.05) is 0 Å². The first-order valence-electron chi connectivity index (χ1n) is 9.43. The van der Waals surface area contributed by atoms with Crippen LogP contribution in [0.4, 0.5) is 0 Å². The van der Waals surface area contributed by atoms with Gasteiger partial charge in [-0.3, -0.25) is 4.57 Å². The van der Waals surface area contributed by atoms with Crippen LogP contribution in [-0.4, -0.2) is 12.2 Å². The molecule has 0 spiro atoms. The van der Waals surface area contributed by atoms with Crippen molar-refractivity contribution in [2.24, 2.45) is 0 Å². The number of aryl methyl sites for hydroxylation is 1. The van der Waals surface area contributed by atoms with Gasteiger partial charge in [-0.2, -0.15) is 0 Å². The molecule has 1 rings (SSSR count). The Balaban J connectivity index is -0.000000659. The van der Waals surface area contributed by atoms with Gasteiger partial charge in [0.1, 0.15) is 0 Å². The molecule has 0 heterocycles. The molecule has 1 aromatic rings. The van der Waals surface area contributed by atoms with E-state index in [2.05, 4.69) is 6.92 Å². The van der Waals surface area contributed by atoms with E-state index in [4.69, 9.17) is 9.05 Å². The Kier molecular flexibility index (Phi) is 20.2. The topological polar surface area (TPSA) is 35.5 Å². The van der Waals surface area contributed by atoms with Crippen molar-refractivity contribution < 1.29 is 13.6 Å². The summed E-state index contributed by atoms with van der Waals surface area (Å²) in [7, 11) is -3.21. The molecule has 0 fully saturated rings. The lowest BCUT2D eigenvalue weighted by Gasteiger charge is -2.23. The molecule has 0 saturated carbocycles. The summed E-state index contributed by atoms with van der Waals surface area (Å²) in [6.07, 6.45) is 0.682. The average Bonchev–Trinajstić information content (AvgIpc) is 2.59. The largest absolute Gasteiger partial charge is 0.361 e. The van der Waals surface area contributed by atoms with Crippen LogP contribution in [0.25, 0.3) is 0 Å². The van der Waals surface area contributed by atoms with Gasteiger partial charge >= 0.3 is 7.60 Å². The summed E-state index contributed by atoms with van der Waals surface area (Å²) in [5.74, 6) is 0. The fraction of sp³-hybridized carbons (Fsp3) is 0.700. The minimum Gasteiger partial charge on any atom is -0.302 e. The molecule has 4 heteroatoms. The highest BCUT2D eigenvalue weighted by molar-refractivity contribution is 7.62. The Hall–Kier alpha value is -0.630. The van der Waals surface area contributed by atoms with Gasteiger partial charge in [0, 0.05) is 0 Å². The fourth-order valence-electron chi connectivity index (χ4n) is 1.62. The summed E-state index contributed by atoms with van der Waals surface area (Å²) in [4.78, 5) is 0. The SMILES string of the molecule is CC.CC.CC.CCc1ccc(P(=O)(OC(C)C)OC(C)C)cc1. The standard InChI is InChI=1S/C14H23O3P.3C2H6/c1-6-13-7-9-14(10-8-13)18(15,16-11(2)3)17-12(4)5;3*1-2/h7-12H,6H2,1-5H3;3*1-2H3. The molecule has 0 aromatic heterocycles. The van der Waals surface area contributed by atoms with Crippen LogP contribution in [0, 0.1) is 0 Å². The molecule has 3 nitrogen and oxygen atoms in total. The summed E-state index contributed by atoms with van der Waals surface area (Å²) in [6, 6.07) is 7.61. The number of hydrogen-bond acceptors (Lipinski definition) is 3. The Bertz CT molecular complexity index is 397. The van der Waals surface area contributed by atoms with Crippen LogP contribution in [0.5, 0.6) is 0 Å². The number of benzene rings is 1. The van der Waals surface area contributed by atoms with E-state index in [0.717, 1.165) is 6.42 Å². The van der Waals surface area contributed by atoms with Gasteiger partial charge in [-0.15, -0.1) is 0 Å². The predicted molar refractivity (Wildman–Crippen MR) is 110 cm³/mol. The third kappa shape index (κ3) is 11.8. The first kappa shape index (κ1) is 28.2. The third-order valence-corrected chi connectivity index (χ3v) is 4.69. The third-order valence-electron chi connectivity index (χ3n) is 2.36. The number of hydrogen-bond donors (Lipinski definition) is 0. The zero-order chi connectivity index (χ0) is 19.8. The summed E-state index contributed by atoms with van der Waals surface area (Å²) in [5, 5.41) is 0.627.